The van der Waals surface area contributed by atoms with Gasteiger partial charge in [-0.05, 0) is 185 Å². The quantitative estimate of drug-likeness (QED) is 0.0217. The van der Waals surface area contributed by atoms with E-state index in [1.165, 1.54) is 447 Å². The van der Waals surface area contributed by atoms with Gasteiger partial charge in [-0.25, -0.2) is 9.97 Å². The predicted octanol–water partition coefficient (Wildman–Crippen LogP) is 38.2. The molecule has 0 aliphatic carbocycles. The summed E-state index contributed by atoms with van der Waals surface area (Å²) in [7, 11) is -0.196. The fourth-order valence-corrected chi connectivity index (χ4v) is 23.9. The van der Waals surface area contributed by atoms with Gasteiger partial charge < -0.3 is 9.31 Å². The van der Waals surface area contributed by atoms with Crippen LogP contribution in [-0.2, 0) is 47.8 Å². The molecule has 1 saturated heterocycles. The van der Waals surface area contributed by atoms with Crippen LogP contribution in [0.4, 0.5) is 0 Å². The summed E-state index contributed by atoms with van der Waals surface area (Å²) in [5.41, 5.74) is 7.73. The first kappa shape index (κ1) is 104. The van der Waals surface area contributed by atoms with Crippen molar-refractivity contribution in [3.05, 3.63) is 80.2 Å². The molecule has 1 fully saturated rings. The maximum atomic E-state index is 6.91. The highest BCUT2D eigenvalue weighted by Gasteiger charge is 2.52. The average Bonchev–Trinajstić information content (AvgIpc) is 1.63. The van der Waals surface area contributed by atoms with Crippen LogP contribution in [0.1, 0.15) is 488 Å². The summed E-state index contributed by atoms with van der Waals surface area (Å²) in [5.74, 6) is 0. The predicted molar refractivity (Wildman–Crippen MR) is 530 cm³/mol. The molecule has 0 saturated carbocycles. The van der Waals surface area contributed by atoms with Crippen molar-refractivity contribution in [2.45, 2.75) is 504 Å². The summed E-state index contributed by atoms with van der Waals surface area (Å²) < 4.78 is 17.0. The van der Waals surface area contributed by atoms with E-state index in [9.17, 15) is 0 Å². The van der Waals surface area contributed by atoms with E-state index in [-0.39, 0.29) is 18.3 Å². The van der Waals surface area contributed by atoms with Gasteiger partial charge in [0, 0.05) is 14.5 Å². The second kappa shape index (κ2) is 66.9. The molecular formula is C100H168BCl2IN2O2S6. The fourth-order valence-electron chi connectivity index (χ4n) is 16.1. The zero-order valence-electron chi connectivity index (χ0n) is 75.0. The summed E-state index contributed by atoms with van der Waals surface area (Å²) in [6.07, 6.45) is 89.6. The Balaban J connectivity index is 0.000000325. The molecule has 1 aliphatic rings. The lowest BCUT2D eigenvalue weighted by molar-refractivity contribution is 0.00578. The Labute approximate surface area is 751 Å². The molecule has 6 aromatic heterocycles. The van der Waals surface area contributed by atoms with Crippen molar-refractivity contribution in [2.75, 3.05) is 0 Å². The lowest BCUT2D eigenvalue weighted by Gasteiger charge is -2.32. The SMILES string of the molecule is CCCCCCCCCCCCc1cc(I)sc1-c1nc(CCCCCCCCCCCC)c(Cl)s1.CCCCCCCCCCCCc1ccsc1-c1cc(CCCCCCCCCCCC)c(-c2nc(CCCCCCCCCCCC)c(Cl)s2)s1.CCCCCCCCCCCCc1ccsc1B1OC(C)(C)C(C)(C)O1. The van der Waals surface area contributed by atoms with Crippen molar-refractivity contribution in [2.24, 2.45) is 0 Å². The van der Waals surface area contributed by atoms with E-state index >= 15 is 0 Å². The van der Waals surface area contributed by atoms with Crippen LogP contribution in [-0.4, -0.2) is 28.3 Å². The summed E-state index contributed by atoms with van der Waals surface area (Å²) in [4.78, 5) is 16.0. The van der Waals surface area contributed by atoms with Gasteiger partial charge in [-0.3, -0.25) is 0 Å². The molecule has 0 unspecified atom stereocenters. The standard InChI is InChI=1S/C47H78ClNS3.C31H51ClINS2.C22H39BO2S/c1-4-7-10-13-16-19-22-25-28-31-34-40-37-38-50-44(40)43-39-41(35-32-29-26-23-20-17-14-11-8-5-2)45(51-43)47-49-42(46(48)52-47)36-33-30-27-24-21-18-15-12-9-6-3;1-3-5-7-9-11-13-15-17-19-21-23-26-25-28(33)35-29(26)31-34-27(30(32)36-31)24-22-20-18-16-14-12-10-8-6-4-2;1-6-7-8-9-10-11-12-13-14-15-16-19-17-18-26-20(19)23-24-21(2,3)22(4,5)25-23/h37-39H,4-36H2,1-3H3;25H,3-24H2,1-2H3;17-18H,6-16H2,1-5H3. The van der Waals surface area contributed by atoms with Gasteiger partial charge in [-0.1, -0.05) is 411 Å². The molecule has 4 nitrogen and oxygen atoms in total. The van der Waals surface area contributed by atoms with Gasteiger partial charge in [0.1, 0.15) is 18.7 Å². The maximum absolute atomic E-state index is 6.91. The molecule has 0 N–H and O–H groups in total. The van der Waals surface area contributed by atoms with E-state index in [4.69, 9.17) is 42.5 Å². The van der Waals surface area contributed by atoms with E-state index in [2.05, 4.69) is 127 Å². The molecule has 0 bridgehead atoms. The smallest absolute Gasteiger partial charge is 0.399 e. The molecule has 0 atom stereocenters. The Morgan fingerprint density at radius 3 is 0.904 bits per heavy atom. The highest BCUT2D eigenvalue weighted by Crippen LogP contribution is 2.46. The van der Waals surface area contributed by atoms with Gasteiger partial charge in [0.2, 0.25) is 0 Å². The second-order valence-electron chi connectivity index (χ2n) is 35.1. The number of thiophene rings is 4. The molecule has 0 spiro atoms. The van der Waals surface area contributed by atoms with Crippen LogP contribution in [0.3, 0.4) is 0 Å². The van der Waals surface area contributed by atoms with E-state index in [1.54, 1.807) is 39.6 Å². The first-order chi connectivity index (χ1) is 55.7. The number of aromatic nitrogens is 2. The van der Waals surface area contributed by atoms with Crippen LogP contribution < -0.4 is 4.78 Å². The molecule has 650 valence electrons. The third-order valence-corrected chi connectivity index (χ3v) is 32.4. The Morgan fingerprint density at radius 2 is 0.570 bits per heavy atom. The maximum Gasteiger partial charge on any atom is 0.505 e. The lowest BCUT2D eigenvalue weighted by atomic mass is 9.83. The Hall–Kier alpha value is -0.645. The molecule has 1 aliphatic heterocycles. The van der Waals surface area contributed by atoms with Crippen LogP contribution in [0.15, 0.2) is 35.0 Å². The molecule has 0 radical (unpaired) electrons. The average molecular weight is 1830 g/mol. The molecule has 114 heavy (non-hydrogen) atoms. The largest absolute Gasteiger partial charge is 0.505 e. The molecule has 0 aromatic carbocycles. The summed E-state index contributed by atoms with van der Waals surface area (Å²) in [6, 6.07) is 9.59. The molecule has 7 rings (SSSR count). The molecule has 6 aromatic rings. The minimum Gasteiger partial charge on any atom is -0.399 e. The third kappa shape index (κ3) is 44.6. The topological polar surface area (TPSA) is 44.2 Å². The fraction of sp³-hybridized carbons (Fsp3) is 0.780. The molecule has 14 heteroatoms. The molecule has 7 heterocycles. The number of hydrogen-bond donors (Lipinski definition) is 0. The van der Waals surface area contributed by atoms with Gasteiger partial charge in [0.05, 0.1) is 35.2 Å². The summed E-state index contributed by atoms with van der Waals surface area (Å²) in [6.45, 7) is 22.3. The lowest BCUT2D eigenvalue weighted by Crippen LogP contribution is -2.41. The zero-order valence-corrected chi connectivity index (χ0v) is 83.6. The molecular weight excluding hydrogens is 1660 g/mol. The minimum atomic E-state index is -0.254. The normalized spacial score (nSPS) is 13.2. The van der Waals surface area contributed by atoms with Crippen LogP contribution in [0, 0.1) is 2.88 Å². The number of thiazole rings is 2. The van der Waals surface area contributed by atoms with Crippen molar-refractivity contribution in [1.82, 2.24) is 9.97 Å². The van der Waals surface area contributed by atoms with Crippen molar-refractivity contribution in [3.8, 4) is 29.5 Å². The zero-order chi connectivity index (χ0) is 81.8. The van der Waals surface area contributed by atoms with E-state index < -0.39 is 0 Å². The van der Waals surface area contributed by atoms with Gasteiger partial charge in [0.25, 0.3) is 0 Å². The van der Waals surface area contributed by atoms with E-state index in [0.717, 1.165) is 50.8 Å². The van der Waals surface area contributed by atoms with Crippen LogP contribution >= 0.6 is 114 Å². The highest BCUT2D eigenvalue weighted by atomic mass is 127. The van der Waals surface area contributed by atoms with Gasteiger partial charge >= 0.3 is 7.12 Å². The first-order valence-electron chi connectivity index (χ1n) is 48.4. The van der Waals surface area contributed by atoms with Crippen molar-refractivity contribution in [1.29, 1.82) is 0 Å². The van der Waals surface area contributed by atoms with E-state index in [0.29, 0.717) is 0 Å². The number of rotatable bonds is 70. The number of hydrogen-bond acceptors (Lipinski definition) is 10. The Bertz CT molecular complexity index is 3210. The number of halogens is 3. The monoisotopic (exact) mass is 1830 g/mol. The van der Waals surface area contributed by atoms with Gasteiger partial charge in [-0.15, -0.1) is 56.7 Å². The van der Waals surface area contributed by atoms with E-state index in [1.807, 2.05) is 34.0 Å². The van der Waals surface area contributed by atoms with Crippen molar-refractivity contribution >= 4 is 126 Å². The highest BCUT2D eigenvalue weighted by molar-refractivity contribution is 14.1. The Kier molecular flexibility index (Phi) is 60.9. The Morgan fingerprint density at radius 1 is 0.307 bits per heavy atom. The van der Waals surface area contributed by atoms with Gasteiger partial charge in [0.15, 0.2) is 0 Å². The molecule has 0 amide bonds. The number of aryl methyl sites for hydroxylation is 6. The van der Waals surface area contributed by atoms with Crippen LogP contribution in [0.2, 0.25) is 8.67 Å². The van der Waals surface area contributed by atoms with Crippen molar-refractivity contribution in [3.63, 3.8) is 0 Å². The van der Waals surface area contributed by atoms with Crippen LogP contribution in [0.25, 0.3) is 29.5 Å². The van der Waals surface area contributed by atoms with Crippen molar-refractivity contribution < 1.29 is 9.31 Å². The second-order valence-corrected chi connectivity index (χ2v) is 44.2. The first-order valence-corrected chi connectivity index (χ1v) is 55.3. The third-order valence-electron chi connectivity index (χ3n) is 24.2. The minimum absolute atomic E-state index is 0.196. The number of nitrogens with zero attached hydrogens (tertiary/aromatic N) is 2. The van der Waals surface area contributed by atoms with Gasteiger partial charge in [-0.2, -0.15) is 11.3 Å². The van der Waals surface area contributed by atoms with Crippen LogP contribution in [0.5, 0.6) is 0 Å². The summed E-state index contributed by atoms with van der Waals surface area (Å²) >= 11 is 27.1. The summed E-state index contributed by atoms with van der Waals surface area (Å²) in [5, 5.41) is 6.83. The number of unbranched alkanes of at least 4 members (excludes halogenated alkanes) is 54.